The molecule has 1 N–H and O–H groups in total. The van der Waals surface area contributed by atoms with Gasteiger partial charge in [-0.15, -0.1) is 0 Å². The van der Waals surface area contributed by atoms with Crippen molar-refractivity contribution in [3.8, 4) is 0 Å². The SMILES string of the molecule is O=C(O)C1CCC2CCCCC2N1Cc1cc(Br)c(Br)o1. The van der Waals surface area contributed by atoms with Crippen molar-refractivity contribution in [2.45, 2.75) is 57.2 Å². The van der Waals surface area contributed by atoms with Gasteiger partial charge in [0.25, 0.3) is 0 Å². The third-order valence-electron chi connectivity index (χ3n) is 4.83. The van der Waals surface area contributed by atoms with E-state index in [1.165, 1.54) is 19.3 Å². The van der Waals surface area contributed by atoms with Crippen LogP contribution in [-0.2, 0) is 11.3 Å². The molecule has 4 nitrogen and oxygen atoms in total. The summed E-state index contributed by atoms with van der Waals surface area (Å²) in [6.45, 7) is 0.572. The Labute approximate surface area is 141 Å². The maximum absolute atomic E-state index is 11.6. The van der Waals surface area contributed by atoms with Crippen LogP contribution in [0, 0.1) is 5.92 Å². The first kappa shape index (κ1) is 15.6. The summed E-state index contributed by atoms with van der Waals surface area (Å²) in [6.07, 6.45) is 6.62. The Morgan fingerprint density at radius 1 is 1.29 bits per heavy atom. The minimum absolute atomic E-state index is 0.382. The zero-order valence-electron chi connectivity index (χ0n) is 11.7. The summed E-state index contributed by atoms with van der Waals surface area (Å²) in [5.41, 5.74) is 0. The van der Waals surface area contributed by atoms with Gasteiger partial charge < -0.3 is 9.52 Å². The monoisotopic (exact) mass is 419 g/mol. The van der Waals surface area contributed by atoms with Crippen molar-refractivity contribution in [3.63, 3.8) is 0 Å². The third kappa shape index (κ3) is 3.22. The van der Waals surface area contributed by atoms with E-state index >= 15 is 0 Å². The van der Waals surface area contributed by atoms with Gasteiger partial charge in [-0.05, 0) is 69.5 Å². The van der Waals surface area contributed by atoms with Crippen molar-refractivity contribution < 1.29 is 14.3 Å². The second-order valence-electron chi connectivity index (χ2n) is 6.05. The molecule has 116 valence electrons. The van der Waals surface area contributed by atoms with Gasteiger partial charge >= 0.3 is 5.97 Å². The second-order valence-corrected chi connectivity index (χ2v) is 7.62. The average Bonchev–Trinajstić information content (AvgIpc) is 2.77. The molecule has 1 aromatic heterocycles. The van der Waals surface area contributed by atoms with Crippen molar-refractivity contribution in [2.24, 2.45) is 5.92 Å². The van der Waals surface area contributed by atoms with Crippen LogP contribution in [0.5, 0.6) is 0 Å². The van der Waals surface area contributed by atoms with Gasteiger partial charge in [0.15, 0.2) is 4.67 Å². The van der Waals surface area contributed by atoms with E-state index in [2.05, 4.69) is 36.8 Å². The summed E-state index contributed by atoms with van der Waals surface area (Å²) in [4.78, 5) is 13.8. The molecular weight excluding hydrogens is 402 g/mol. The molecule has 1 aromatic rings. The van der Waals surface area contributed by atoms with Gasteiger partial charge in [0.05, 0.1) is 11.0 Å². The number of carboxylic acids is 1. The van der Waals surface area contributed by atoms with E-state index in [-0.39, 0.29) is 6.04 Å². The number of furan rings is 1. The molecule has 1 saturated heterocycles. The molecule has 2 aliphatic rings. The molecule has 0 radical (unpaired) electrons. The molecule has 21 heavy (non-hydrogen) atoms. The smallest absolute Gasteiger partial charge is 0.320 e. The number of halogens is 2. The molecule has 0 spiro atoms. The van der Waals surface area contributed by atoms with E-state index < -0.39 is 5.97 Å². The number of carbonyl (C=O) groups is 1. The molecule has 1 saturated carbocycles. The predicted molar refractivity (Wildman–Crippen MR) is 86.1 cm³/mol. The summed E-state index contributed by atoms with van der Waals surface area (Å²) in [6, 6.07) is 1.93. The topological polar surface area (TPSA) is 53.7 Å². The highest BCUT2D eigenvalue weighted by atomic mass is 79.9. The highest BCUT2D eigenvalue weighted by molar-refractivity contribution is 9.13. The maximum Gasteiger partial charge on any atom is 0.320 e. The lowest BCUT2D eigenvalue weighted by molar-refractivity contribution is -0.148. The van der Waals surface area contributed by atoms with Crippen molar-refractivity contribution in [3.05, 3.63) is 21.0 Å². The van der Waals surface area contributed by atoms with Crippen LogP contribution in [0.4, 0.5) is 0 Å². The number of likely N-dealkylation sites (tertiary alicyclic amines) is 1. The number of nitrogens with zero attached hydrogens (tertiary/aromatic N) is 1. The molecular formula is C15H19Br2NO3. The van der Waals surface area contributed by atoms with Crippen molar-refractivity contribution in [1.29, 1.82) is 0 Å². The van der Waals surface area contributed by atoms with Crippen molar-refractivity contribution in [1.82, 2.24) is 4.90 Å². The van der Waals surface area contributed by atoms with E-state index in [9.17, 15) is 9.90 Å². The van der Waals surface area contributed by atoms with Gasteiger partial charge in [0, 0.05) is 6.04 Å². The number of carboxylic acid groups (broad SMARTS) is 1. The van der Waals surface area contributed by atoms with Crippen LogP contribution < -0.4 is 0 Å². The van der Waals surface area contributed by atoms with Crippen molar-refractivity contribution in [2.75, 3.05) is 0 Å². The summed E-state index contributed by atoms with van der Waals surface area (Å²) >= 11 is 6.76. The molecule has 3 rings (SSSR count). The molecule has 0 amide bonds. The quantitative estimate of drug-likeness (QED) is 0.786. The van der Waals surface area contributed by atoms with Crippen molar-refractivity contribution >= 4 is 37.8 Å². The lowest BCUT2D eigenvalue weighted by Crippen LogP contribution is -2.54. The predicted octanol–water partition coefficient (Wildman–Crippen LogP) is 4.41. The van der Waals surface area contributed by atoms with E-state index in [0.29, 0.717) is 23.2 Å². The van der Waals surface area contributed by atoms with Gasteiger partial charge in [-0.1, -0.05) is 12.8 Å². The van der Waals surface area contributed by atoms with Gasteiger partial charge in [0.2, 0.25) is 0 Å². The number of hydrogen-bond donors (Lipinski definition) is 1. The van der Waals surface area contributed by atoms with Crippen LogP contribution in [0.25, 0.3) is 0 Å². The summed E-state index contributed by atoms with van der Waals surface area (Å²) in [5.74, 6) is 0.756. The Balaban J connectivity index is 1.83. The lowest BCUT2D eigenvalue weighted by atomic mass is 9.76. The van der Waals surface area contributed by atoms with Gasteiger partial charge in [0.1, 0.15) is 11.8 Å². The average molecular weight is 421 g/mol. The van der Waals surface area contributed by atoms with E-state index in [1.54, 1.807) is 0 Å². The molecule has 2 heterocycles. The number of rotatable bonds is 3. The van der Waals surface area contributed by atoms with Crippen LogP contribution in [0.15, 0.2) is 19.6 Å². The fourth-order valence-corrected chi connectivity index (χ4v) is 4.53. The highest BCUT2D eigenvalue weighted by Gasteiger charge is 2.41. The number of hydrogen-bond acceptors (Lipinski definition) is 3. The third-order valence-corrected chi connectivity index (χ3v) is 6.54. The molecule has 1 aliphatic heterocycles. The zero-order valence-corrected chi connectivity index (χ0v) is 14.9. The van der Waals surface area contributed by atoms with E-state index in [0.717, 1.165) is 29.5 Å². The van der Waals surface area contributed by atoms with Crippen LogP contribution in [0.2, 0.25) is 0 Å². The Kier molecular flexibility index (Phi) is 4.76. The van der Waals surface area contributed by atoms with Crippen LogP contribution >= 0.6 is 31.9 Å². The second kappa shape index (κ2) is 6.42. The standard InChI is InChI=1S/C15H19Br2NO3/c16-11-7-10(21-14(11)17)8-18-12-4-2-1-3-9(12)5-6-13(18)15(19)20/h7,9,12-13H,1-6,8H2,(H,19,20). The lowest BCUT2D eigenvalue weighted by Gasteiger charge is -2.46. The minimum Gasteiger partial charge on any atom is -0.480 e. The van der Waals surface area contributed by atoms with Gasteiger partial charge in [-0.2, -0.15) is 0 Å². The first-order chi connectivity index (χ1) is 10.1. The molecule has 0 aromatic carbocycles. The zero-order chi connectivity index (χ0) is 15.0. The molecule has 1 aliphatic carbocycles. The Morgan fingerprint density at radius 2 is 2.05 bits per heavy atom. The summed E-state index contributed by atoms with van der Waals surface area (Å²) in [7, 11) is 0. The largest absolute Gasteiger partial charge is 0.480 e. The highest BCUT2D eigenvalue weighted by Crippen LogP contribution is 2.39. The fourth-order valence-electron chi connectivity index (χ4n) is 3.87. The van der Waals surface area contributed by atoms with Crippen LogP contribution in [0.1, 0.15) is 44.3 Å². The van der Waals surface area contributed by atoms with Crippen LogP contribution in [0.3, 0.4) is 0 Å². The number of fused-ring (bicyclic) bond motifs is 1. The van der Waals surface area contributed by atoms with E-state index in [4.69, 9.17) is 4.42 Å². The molecule has 2 fully saturated rings. The summed E-state index contributed by atoms with van der Waals surface area (Å²) in [5, 5.41) is 9.55. The Morgan fingerprint density at radius 3 is 2.71 bits per heavy atom. The molecule has 6 heteroatoms. The molecule has 3 atom stereocenters. The van der Waals surface area contributed by atoms with Crippen LogP contribution in [-0.4, -0.2) is 28.1 Å². The Hall–Kier alpha value is -0.330. The number of aliphatic carboxylic acids is 1. The number of piperidine rings is 1. The first-order valence-electron chi connectivity index (χ1n) is 7.48. The Bertz CT molecular complexity index is 511. The van der Waals surface area contributed by atoms with Gasteiger partial charge in [-0.3, -0.25) is 9.69 Å². The summed E-state index contributed by atoms with van der Waals surface area (Å²) < 4.78 is 7.20. The maximum atomic E-state index is 11.6. The van der Waals surface area contributed by atoms with E-state index in [1.807, 2.05) is 6.07 Å². The normalized spacial score (nSPS) is 30.1. The molecule has 3 unspecified atom stereocenters. The minimum atomic E-state index is -0.705. The fraction of sp³-hybridized carbons (Fsp3) is 0.667. The van der Waals surface area contributed by atoms with Gasteiger partial charge in [-0.25, -0.2) is 0 Å². The first-order valence-corrected chi connectivity index (χ1v) is 9.07. The molecule has 0 bridgehead atoms.